The lowest BCUT2D eigenvalue weighted by Crippen LogP contribution is -2.28. The van der Waals surface area contributed by atoms with Crippen LogP contribution in [0.15, 0.2) is 36.8 Å². The standard InChI is InChI=1S/C14H15N5O/c1-9(13-18-16-8-19(13)2)17-14(20)11-4-3-10-5-6-15-12(10)7-11/h3-9,15H,1-2H3,(H,17,20). The molecule has 0 radical (unpaired) electrons. The van der Waals surface area contributed by atoms with Crippen molar-refractivity contribution in [3.63, 3.8) is 0 Å². The maximum Gasteiger partial charge on any atom is 0.251 e. The van der Waals surface area contributed by atoms with Crippen LogP contribution < -0.4 is 5.32 Å². The molecule has 2 N–H and O–H groups in total. The number of carbonyl (C=O) groups excluding carboxylic acids is 1. The Morgan fingerprint density at radius 2 is 2.25 bits per heavy atom. The predicted octanol–water partition coefficient (Wildman–Crippen LogP) is 1.79. The summed E-state index contributed by atoms with van der Waals surface area (Å²) < 4.78 is 1.79. The van der Waals surface area contributed by atoms with Gasteiger partial charge >= 0.3 is 0 Å². The molecule has 6 nitrogen and oxygen atoms in total. The molecule has 0 bridgehead atoms. The Hall–Kier alpha value is -2.63. The Morgan fingerprint density at radius 1 is 1.40 bits per heavy atom. The van der Waals surface area contributed by atoms with Gasteiger partial charge in [-0.25, -0.2) is 0 Å². The highest BCUT2D eigenvalue weighted by atomic mass is 16.1. The van der Waals surface area contributed by atoms with Crippen molar-refractivity contribution >= 4 is 16.8 Å². The zero-order chi connectivity index (χ0) is 14.1. The number of hydrogen-bond acceptors (Lipinski definition) is 3. The van der Waals surface area contributed by atoms with Crippen LogP contribution in [0, 0.1) is 0 Å². The fourth-order valence-corrected chi connectivity index (χ4v) is 2.22. The summed E-state index contributed by atoms with van der Waals surface area (Å²) in [6.07, 6.45) is 3.47. The lowest BCUT2D eigenvalue weighted by atomic mass is 10.1. The second-order valence-electron chi connectivity index (χ2n) is 4.77. The smallest absolute Gasteiger partial charge is 0.251 e. The summed E-state index contributed by atoms with van der Waals surface area (Å²) in [6, 6.07) is 7.35. The van der Waals surface area contributed by atoms with E-state index in [9.17, 15) is 4.79 Å². The highest BCUT2D eigenvalue weighted by molar-refractivity contribution is 5.98. The van der Waals surface area contributed by atoms with E-state index in [2.05, 4.69) is 20.5 Å². The summed E-state index contributed by atoms with van der Waals surface area (Å²) >= 11 is 0. The molecule has 0 aliphatic heterocycles. The van der Waals surface area contributed by atoms with Crippen LogP contribution in [0.5, 0.6) is 0 Å². The molecule has 3 aromatic rings. The highest BCUT2D eigenvalue weighted by Gasteiger charge is 2.15. The lowest BCUT2D eigenvalue weighted by Gasteiger charge is -2.13. The first-order chi connectivity index (χ1) is 9.65. The van der Waals surface area contributed by atoms with Crippen LogP contribution in [0.3, 0.4) is 0 Å². The fraction of sp³-hybridized carbons (Fsp3) is 0.214. The molecule has 1 aromatic carbocycles. The zero-order valence-corrected chi connectivity index (χ0v) is 11.3. The molecule has 0 fully saturated rings. The third kappa shape index (κ3) is 2.16. The molecule has 102 valence electrons. The number of carbonyl (C=O) groups is 1. The first-order valence-electron chi connectivity index (χ1n) is 6.37. The molecule has 1 unspecified atom stereocenters. The number of aromatic amines is 1. The van der Waals surface area contributed by atoms with Gasteiger partial charge in [-0.1, -0.05) is 6.07 Å². The maximum atomic E-state index is 12.2. The van der Waals surface area contributed by atoms with Crippen molar-refractivity contribution in [2.75, 3.05) is 0 Å². The SMILES string of the molecule is CC(NC(=O)c1ccc2cc[nH]c2c1)c1nncn1C. The minimum absolute atomic E-state index is 0.128. The number of amides is 1. The minimum Gasteiger partial charge on any atom is -0.361 e. The number of benzene rings is 1. The van der Waals surface area contributed by atoms with E-state index in [-0.39, 0.29) is 11.9 Å². The molecule has 1 atom stereocenters. The number of fused-ring (bicyclic) bond motifs is 1. The fourth-order valence-electron chi connectivity index (χ4n) is 2.22. The molecule has 0 spiro atoms. The summed E-state index contributed by atoms with van der Waals surface area (Å²) in [7, 11) is 1.85. The average Bonchev–Trinajstić information content (AvgIpc) is 3.05. The first kappa shape index (κ1) is 12.4. The Labute approximate surface area is 115 Å². The Morgan fingerprint density at radius 3 is 3.00 bits per heavy atom. The summed E-state index contributed by atoms with van der Waals surface area (Å²) in [5, 5.41) is 11.8. The van der Waals surface area contributed by atoms with Gasteiger partial charge in [0.15, 0.2) is 5.82 Å². The van der Waals surface area contributed by atoms with E-state index < -0.39 is 0 Å². The molecule has 0 aliphatic rings. The van der Waals surface area contributed by atoms with Crippen molar-refractivity contribution in [2.45, 2.75) is 13.0 Å². The predicted molar refractivity (Wildman–Crippen MR) is 75.2 cm³/mol. The number of nitrogens with one attached hydrogen (secondary N) is 2. The summed E-state index contributed by atoms with van der Waals surface area (Å²) in [5.41, 5.74) is 1.57. The Balaban J connectivity index is 1.80. The van der Waals surface area contributed by atoms with E-state index in [4.69, 9.17) is 0 Å². The van der Waals surface area contributed by atoms with Gasteiger partial charge in [0.25, 0.3) is 5.91 Å². The summed E-state index contributed by atoms with van der Waals surface area (Å²) in [4.78, 5) is 15.3. The van der Waals surface area contributed by atoms with E-state index in [1.54, 1.807) is 10.9 Å². The van der Waals surface area contributed by atoms with Crippen LogP contribution >= 0.6 is 0 Å². The molecule has 0 saturated carbocycles. The van der Waals surface area contributed by atoms with Crippen LogP contribution in [0.2, 0.25) is 0 Å². The van der Waals surface area contributed by atoms with Gasteiger partial charge in [-0.15, -0.1) is 10.2 Å². The quantitative estimate of drug-likeness (QED) is 0.761. The third-order valence-corrected chi connectivity index (χ3v) is 3.30. The average molecular weight is 269 g/mol. The number of nitrogens with zero attached hydrogens (tertiary/aromatic N) is 3. The van der Waals surface area contributed by atoms with Gasteiger partial charge < -0.3 is 14.9 Å². The van der Waals surface area contributed by atoms with Crippen LogP contribution in [-0.4, -0.2) is 25.7 Å². The summed E-state index contributed by atoms with van der Waals surface area (Å²) in [5.74, 6) is 0.594. The molecule has 3 rings (SSSR count). The van der Waals surface area contributed by atoms with Crippen molar-refractivity contribution in [1.29, 1.82) is 0 Å². The van der Waals surface area contributed by atoms with Gasteiger partial charge in [0.05, 0.1) is 6.04 Å². The van der Waals surface area contributed by atoms with Crippen LogP contribution in [0.25, 0.3) is 10.9 Å². The number of rotatable bonds is 3. The lowest BCUT2D eigenvalue weighted by molar-refractivity contribution is 0.0938. The molecule has 2 heterocycles. The van der Waals surface area contributed by atoms with E-state index in [0.717, 1.165) is 16.7 Å². The number of aromatic nitrogens is 4. The largest absolute Gasteiger partial charge is 0.361 e. The molecular weight excluding hydrogens is 254 g/mol. The van der Waals surface area contributed by atoms with Crippen LogP contribution in [0.4, 0.5) is 0 Å². The van der Waals surface area contributed by atoms with Crippen molar-refractivity contribution in [1.82, 2.24) is 25.1 Å². The van der Waals surface area contributed by atoms with Gasteiger partial charge in [0, 0.05) is 24.3 Å². The topological polar surface area (TPSA) is 75.6 Å². The van der Waals surface area contributed by atoms with Crippen molar-refractivity contribution in [2.24, 2.45) is 7.05 Å². The zero-order valence-electron chi connectivity index (χ0n) is 11.3. The molecule has 2 aromatic heterocycles. The third-order valence-electron chi connectivity index (χ3n) is 3.30. The number of H-pyrrole nitrogens is 1. The summed E-state index contributed by atoms with van der Waals surface area (Å²) in [6.45, 7) is 1.88. The molecule has 6 heteroatoms. The monoisotopic (exact) mass is 269 g/mol. The maximum absolute atomic E-state index is 12.2. The Kier molecular flexibility index (Phi) is 2.98. The molecule has 1 amide bonds. The molecule has 20 heavy (non-hydrogen) atoms. The molecule has 0 saturated heterocycles. The van der Waals surface area contributed by atoms with Gasteiger partial charge in [0.1, 0.15) is 6.33 Å². The first-order valence-corrected chi connectivity index (χ1v) is 6.37. The number of hydrogen-bond donors (Lipinski definition) is 2. The highest BCUT2D eigenvalue weighted by Crippen LogP contribution is 2.15. The second-order valence-corrected chi connectivity index (χ2v) is 4.77. The molecular formula is C14H15N5O. The van der Waals surface area contributed by atoms with E-state index in [0.29, 0.717) is 5.56 Å². The number of aryl methyl sites for hydroxylation is 1. The van der Waals surface area contributed by atoms with Crippen LogP contribution in [-0.2, 0) is 7.05 Å². The Bertz CT molecular complexity index is 758. The van der Waals surface area contributed by atoms with E-state index >= 15 is 0 Å². The van der Waals surface area contributed by atoms with Gasteiger partial charge in [0.2, 0.25) is 0 Å². The van der Waals surface area contributed by atoms with Gasteiger partial charge in [-0.05, 0) is 30.5 Å². The van der Waals surface area contributed by atoms with Gasteiger partial charge in [-0.3, -0.25) is 4.79 Å². The van der Waals surface area contributed by atoms with Crippen molar-refractivity contribution < 1.29 is 4.79 Å². The van der Waals surface area contributed by atoms with Crippen molar-refractivity contribution in [3.8, 4) is 0 Å². The van der Waals surface area contributed by atoms with Crippen LogP contribution in [0.1, 0.15) is 29.1 Å². The van der Waals surface area contributed by atoms with E-state index in [1.165, 1.54) is 0 Å². The molecule has 0 aliphatic carbocycles. The van der Waals surface area contributed by atoms with Crippen molar-refractivity contribution in [3.05, 3.63) is 48.2 Å². The van der Waals surface area contributed by atoms with E-state index in [1.807, 2.05) is 44.4 Å². The van der Waals surface area contributed by atoms with Gasteiger partial charge in [-0.2, -0.15) is 0 Å². The minimum atomic E-state index is -0.200. The second kappa shape index (κ2) is 4.80. The normalized spacial score (nSPS) is 12.5.